The molecular weight excluding hydrogens is 460 g/mol. The van der Waals surface area contributed by atoms with Crippen LogP contribution in [0.1, 0.15) is 28.4 Å². The Bertz CT molecular complexity index is 1160. The zero-order valence-electron chi connectivity index (χ0n) is 18.6. The maximum Gasteiger partial charge on any atom is 0.251 e. The van der Waals surface area contributed by atoms with E-state index in [1.54, 1.807) is 48.5 Å². The SMILES string of the molecule is CCc1ccc(N(Cc2ccc(C(=O)NCCOc3ccc(Cl)cc3)cc2)S(C)(=O)=O)cc1. The Morgan fingerprint density at radius 3 is 2.12 bits per heavy atom. The minimum Gasteiger partial charge on any atom is -0.492 e. The van der Waals surface area contributed by atoms with Crippen LogP contribution in [0.25, 0.3) is 0 Å². The minimum atomic E-state index is -3.47. The summed E-state index contributed by atoms with van der Waals surface area (Å²) in [4.78, 5) is 12.4. The zero-order valence-corrected chi connectivity index (χ0v) is 20.2. The molecule has 0 radical (unpaired) electrons. The van der Waals surface area contributed by atoms with E-state index in [0.717, 1.165) is 17.5 Å². The van der Waals surface area contributed by atoms with Crippen LogP contribution in [-0.2, 0) is 23.0 Å². The van der Waals surface area contributed by atoms with E-state index in [2.05, 4.69) is 5.32 Å². The van der Waals surface area contributed by atoms with E-state index < -0.39 is 10.0 Å². The molecule has 3 aromatic carbocycles. The number of ether oxygens (including phenoxy) is 1. The van der Waals surface area contributed by atoms with Crippen molar-refractivity contribution in [3.8, 4) is 5.75 Å². The maximum atomic E-state index is 12.4. The van der Waals surface area contributed by atoms with Crippen LogP contribution < -0.4 is 14.4 Å². The van der Waals surface area contributed by atoms with Crippen LogP contribution >= 0.6 is 11.6 Å². The fourth-order valence-electron chi connectivity index (χ4n) is 3.19. The molecule has 0 atom stereocenters. The number of carbonyl (C=O) groups is 1. The van der Waals surface area contributed by atoms with Crippen LogP contribution in [0.15, 0.2) is 72.8 Å². The van der Waals surface area contributed by atoms with Gasteiger partial charge < -0.3 is 10.1 Å². The minimum absolute atomic E-state index is 0.182. The first-order valence-corrected chi connectivity index (χ1v) is 12.8. The zero-order chi connectivity index (χ0) is 23.8. The van der Waals surface area contributed by atoms with Crippen molar-refractivity contribution in [3.05, 3.63) is 94.5 Å². The highest BCUT2D eigenvalue weighted by Crippen LogP contribution is 2.22. The van der Waals surface area contributed by atoms with Gasteiger partial charge in [0.1, 0.15) is 12.4 Å². The number of aryl methyl sites for hydroxylation is 1. The Morgan fingerprint density at radius 1 is 0.939 bits per heavy atom. The van der Waals surface area contributed by atoms with Crippen molar-refractivity contribution in [2.75, 3.05) is 23.7 Å². The molecule has 0 unspecified atom stereocenters. The molecule has 0 aromatic heterocycles. The van der Waals surface area contributed by atoms with Gasteiger partial charge in [0.25, 0.3) is 5.91 Å². The molecule has 8 heteroatoms. The number of hydrogen-bond donors (Lipinski definition) is 1. The molecule has 33 heavy (non-hydrogen) atoms. The van der Waals surface area contributed by atoms with Gasteiger partial charge in [0.15, 0.2) is 0 Å². The highest BCUT2D eigenvalue weighted by molar-refractivity contribution is 7.92. The predicted octanol–water partition coefficient (Wildman–Crippen LogP) is 4.68. The summed E-state index contributed by atoms with van der Waals surface area (Å²) in [6.45, 7) is 2.90. The normalized spacial score (nSPS) is 11.1. The predicted molar refractivity (Wildman–Crippen MR) is 133 cm³/mol. The number of hydrogen-bond acceptors (Lipinski definition) is 4. The van der Waals surface area contributed by atoms with Gasteiger partial charge in [-0.2, -0.15) is 0 Å². The highest BCUT2D eigenvalue weighted by atomic mass is 35.5. The van der Waals surface area contributed by atoms with Crippen LogP contribution in [-0.4, -0.2) is 33.7 Å². The molecular formula is C25H27ClN2O4S. The molecule has 6 nitrogen and oxygen atoms in total. The van der Waals surface area contributed by atoms with Crippen LogP contribution in [0.3, 0.4) is 0 Å². The molecule has 3 rings (SSSR count). The van der Waals surface area contributed by atoms with E-state index in [-0.39, 0.29) is 12.5 Å². The van der Waals surface area contributed by atoms with Crippen LogP contribution in [0.5, 0.6) is 5.75 Å². The summed E-state index contributed by atoms with van der Waals surface area (Å²) in [7, 11) is -3.47. The van der Waals surface area contributed by atoms with Crippen molar-refractivity contribution in [2.24, 2.45) is 0 Å². The Kier molecular flexibility index (Phi) is 8.36. The molecule has 3 aromatic rings. The lowest BCUT2D eigenvalue weighted by atomic mass is 10.1. The Labute approximate surface area is 200 Å². The summed E-state index contributed by atoms with van der Waals surface area (Å²) in [5, 5.41) is 3.44. The summed E-state index contributed by atoms with van der Waals surface area (Å²) in [5.41, 5.74) is 3.02. The molecule has 0 spiro atoms. The van der Waals surface area contributed by atoms with E-state index in [1.165, 1.54) is 10.6 Å². The summed E-state index contributed by atoms with van der Waals surface area (Å²) >= 11 is 5.84. The van der Waals surface area contributed by atoms with E-state index >= 15 is 0 Å². The molecule has 1 amide bonds. The number of sulfonamides is 1. The van der Waals surface area contributed by atoms with Gasteiger partial charge in [0.05, 0.1) is 25.0 Å². The second-order valence-corrected chi connectivity index (χ2v) is 9.89. The third kappa shape index (κ3) is 7.23. The molecule has 0 aliphatic carbocycles. The second kappa shape index (κ2) is 11.2. The standard InChI is InChI=1S/C25H27ClN2O4S/c1-3-19-6-12-23(13-7-19)28(33(2,30)31)18-20-4-8-21(9-5-20)25(29)27-16-17-32-24-14-10-22(26)11-15-24/h4-15H,3,16-18H2,1-2H3,(H,27,29). The molecule has 0 bridgehead atoms. The average Bonchev–Trinajstić information content (AvgIpc) is 2.81. The quantitative estimate of drug-likeness (QED) is 0.422. The Hall–Kier alpha value is -3.03. The van der Waals surface area contributed by atoms with E-state index in [1.807, 2.05) is 31.2 Å². The third-order valence-corrected chi connectivity index (χ3v) is 6.44. The molecule has 0 aliphatic heterocycles. The number of amides is 1. The van der Waals surface area contributed by atoms with E-state index in [9.17, 15) is 13.2 Å². The fourth-order valence-corrected chi connectivity index (χ4v) is 4.21. The number of rotatable bonds is 10. The van der Waals surface area contributed by atoms with Crippen molar-refractivity contribution in [3.63, 3.8) is 0 Å². The average molecular weight is 487 g/mol. The Morgan fingerprint density at radius 2 is 1.55 bits per heavy atom. The van der Waals surface area contributed by atoms with Crippen molar-refractivity contribution in [1.82, 2.24) is 5.32 Å². The lowest BCUT2D eigenvalue weighted by molar-refractivity contribution is 0.0947. The highest BCUT2D eigenvalue weighted by Gasteiger charge is 2.18. The largest absolute Gasteiger partial charge is 0.492 e. The smallest absolute Gasteiger partial charge is 0.251 e. The van der Waals surface area contributed by atoms with Crippen LogP contribution in [0.2, 0.25) is 5.02 Å². The van der Waals surface area contributed by atoms with Crippen LogP contribution in [0.4, 0.5) is 5.69 Å². The van der Waals surface area contributed by atoms with Gasteiger partial charge in [-0.05, 0) is 66.1 Å². The number of nitrogens with one attached hydrogen (secondary N) is 1. The molecule has 174 valence electrons. The molecule has 0 fully saturated rings. The number of benzene rings is 3. The number of nitrogens with zero attached hydrogens (tertiary/aromatic N) is 1. The lowest BCUT2D eigenvalue weighted by Crippen LogP contribution is -2.29. The van der Waals surface area contributed by atoms with Gasteiger partial charge in [-0.1, -0.05) is 42.8 Å². The number of halogens is 1. The summed E-state index contributed by atoms with van der Waals surface area (Å²) in [6.07, 6.45) is 2.07. The monoisotopic (exact) mass is 486 g/mol. The van der Waals surface area contributed by atoms with Gasteiger partial charge in [0.2, 0.25) is 10.0 Å². The van der Waals surface area contributed by atoms with Crippen molar-refractivity contribution in [2.45, 2.75) is 19.9 Å². The van der Waals surface area contributed by atoms with Crippen molar-refractivity contribution in [1.29, 1.82) is 0 Å². The first kappa shape index (κ1) is 24.6. The molecule has 1 N–H and O–H groups in total. The molecule has 0 aliphatic rings. The second-order valence-electron chi connectivity index (χ2n) is 7.54. The van der Waals surface area contributed by atoms with Gasteiger partial charge in [-0.3, -0.25) is 9.10 Å². The summed E-state index contributed by atoms with van der Waals surface area (Å²) in [6, 6.07) is 21.4. The van der Waals surface area contributed by atoms with Gasteiger partial charge >= 0.3 is 0 Å². The first-order valence-electron chi connectivity index (χ1n) is 10.6. The number of anilines is 1. The Balaban J connectivity index is 1.57. The molecule has 0 heterocycles. The van der Waals surface area contributed by atoms with Gasteiger partial charge in [0, 0.05) is 10.6 Å². The van der Waals surface area contributed by atoms with Gasteiger partial charge in [-0.25, -0.2) is 8.42 Å². The molecule has 0 saturated heterocycles. The third-order valence-electron chi connectivity index (χ3n) is 5.05. The lowest BCUT2D eigenvalue weighted by Gasteiger charge is -2.23. The summed E-state index contributed by atoms with van der Waals surface area (Å²) < 4.78 is 31.7. The first-order chi connectivity index (χ1) is 15.8. The number of carbonyl (C=O) groups excluding carboxylic acids is 1. The maximum absolute atomic E-state index is 12.4. The van der Waals surface area contributed by atoms with Crippen molar-refractivity contribution < 1.29 is 17.9 Å². The van der Waals surface area contributed by atoms with Crippen molar-refractivity contribution >= 4 is 33.2 Å². The van der Waals surface area contributed by atoms with Gasteiger partial charge in [-0.15, -0.1) is 0 Å². The summed E-state index contributed by atoms with van der Waals surface area (Å²) in [5.74, 6) is 0.453. The van der Waals surface area contributed by atoms with Crippen LogP contribution in [0, 0.1) is 0 Å². The fraction of sp³-hybridized carbons (Fsp3) is 0.240. The van der Waals surface area contributed by atoms with E-state index in [4.69, 9.17) is 16.3 Å². The topological polar surface area (TPSA) is 75.7 Å². The van der Waals surface area contributed by atoms with E-state index in [0.29, 0.717) is 35.2 Å². The molecule has 0 saturated carbocycles.